The lowest BCUT2D eigenvalue weighted by Crippen LogP contribution is -2.39. The van der Waals surface area contributed by atoms with Gasteiger partial charge < -0.3 is 11.1 Å². The molecular formula is C21H17FN6O3. The molecule has 3 aromatic rings. The molecule has 0 aliphatic carbocycles. The summed E-state index contributed by atoms with van der Waals surface area (Å²) in [7, 11) is 0. The first-order valence-electron chi connectivity index (χ1n) is 9.30. The van der Waals surface area contributed by atoms with Gasteiger partial charge in [0.05, 0.1) is 11.4 Å². The second-order valence-corrected chi connectivity index (χ2v) is 6.83. The van der Waals surface area contributed by atoms with E-state index in [4.69, 9.17) is 5.73 Å². The van der Waals surface area contributed by atoms with Gasteiger partial charge in [-0.15, -0.1) is 0 Å². The molecule has 4 N–H and O–H groups in total. The summed E-state index contributed by atoms with van der Waals surface area (Å²) < 4.78 is 13.2. The van der Waals surface area contributed by atoms with Crippen molar-refractivity contribution < 1.29 is 14.0 Å². The lowest BCUT2D eigenvalue weighted by molar-refractivity contribution is -0.119. The molecule has 2 amide bonds. The Morgan fingerprint density at radius 1 is 1.13 bits per heavy atom. The lowest BCUT2D eigenvalue weighted by atomic mass is 10.1. The van der Waals surface area contributed by atoms with Crippen LogP contribution in [0.3, 0.4) is 0 Å². The van der Waals surface area contributed by atoms with Gasteiger partial charge in [-0.1, -0.05) is 12.1 Å². The second kappa shape index (κ2) is 8.19. The van der Waals surface area contributed by atoms with E-state index in [1.165, 1.54) is 35.3 Å². The van der Waals surface area contributed by atoms with Crippen LogP contribution in [-0.2, 0) is 9.59 Å². The molecule has 1 atom stereocenters. The van der Waals surface area contributed by atoms with E-state index in [1.54, 1.807) is 30.3 Å². The standard InChI is InChI=1S/C21H17FN6O3/c22-13-4-6-15(7-5-13)28-18(20(23)30)11-17(27-28)21(31)24-14-3-1-2-12(10-14)16-8-9-19(29)26-25-16/h1-10,18H,11H2,(H2,23,30)(H,24,31)(H,26,29). The van der Waals surface area contributed by atoms with Crippen molar-refractivity contribution in [2.75, 3.05) is 10.3 Å². The molecule has 1 aliphatic rings. The summed E-state index contributed by atoms with van der Waals surface area (Å²) in [5, 5.41) is 14.6. The van der Waals surface area contributed by atoms with E-state index in [0.717, 1.165) is 0 Å². The minimum Gasteiger partial charge on any atom is -0.368 e. The number of aromatic nitrogens is 2. The van der Waals surface area contributed by atoms with Crippen LogP contribution in [-0.4, -0.2) is 33.8 Å². The molecule has 10 heteroatoms. The van der Waals surface area contributed by atoms with Crippen LogP contribution in [0.15, 0.2) is 70.6 Å². The van der Waals surface area contributed by atoms with E-state index in [9.17, 15) is 18.8 Å². The van der Waals surface area contributed by atoms with Crippen LogP contribution < -0.4 is 21.6 Å². The monoisotopic (exact) mass is 420 g/mol. The van der Waals surface area contributed by atoms with E-state index >= 15 is 0 Å². The third kappa shape index (κ3) is 4.32. The van der Waals surface area contributed by atoms with Gasteiger partial charge in [0.15, 0.2) is 0 Å². The van der Waals surface area contributed by atoms with Crippen molar-refractivity contribution >= 4 is 28.9 Å². The Labute approximate surface area is 175 Å². The predicted octanol–water partition coefficient (Wildman–Crippen LogP) is 1.63. The molecule has 156 valence electrons. The number of nitrogens with zero attached hydrogens (tertiary/aromatic N) is 3. The van der Waals surface area contributed by atoms with E-state index in [2.05, 4.69) is 20.6 Å². The van der Waals surface area contributed by atoms with Crippen molar-refractivity contribution in [1.82, 2.24) is 10.2 Å². The minimum atomic E-state index is -0.858. The van der Waals surface area contributed by atoms with Gasteiger partial charge in [-0.3, -0.25) is 19.4 Å². The zero-order valence-corrected chi connectivity index (χ0v) is 16.1. The number of hydrogen-bond donors (Lipinski definition) is 3. The zero-order valence-electron chi connectivity index (χ0n) is 16.1. The van der Waals surface area contributed by atoms with E-state index in [0.29, 0.717) is 22.6 Å². The number of halogens is 1. The first-order chi connectivity index (χ1) is 14.9. The number of hydrogen-bond acceptors (Lipinski definition) is 6. The van der Waals surface area contributed by atoms with Gasteiger partial charge in [0.2, 0.25) is 5.91 Å². The molecule has 0 saturated heterocycles. The highest BCUT2D eigenvalue weighted by Crippen LogP contribution is 2.26. The summed E-state index contributed by atoms with van der Waals surface area (Å²) in [4.78, 5) is 35.8. The Morgan fingerprint density at radius 3 is 2.58 bits per heavy atom. The van der Waals surface area contributed by atoms with Crippen molar-refractivity contribution in [2.24, 2.45) is 10.8 Å². The van der Waals surface area contributed by atoms with Gasteiger partial charge in [-0.25, -0.2) is 9.49 Å². The highest BCUT2D eigenvalue weighted by atomic mass is 19.1. The molecule has 9 nitrogen and oxygen atoms in total. The van der Waals surface area contributed by atoms with Crippen LogP contribution in [0.25, 0.3) is 11.3 Å². The topological polar surface area (TPSA) is 134 Å². The molecule has 0 fully saturated rings. The molecule has 4 rings (SSSR count). The summed E-state index contributed by atoms with van der Waals surface area (Å²) in [5.74, 6) is -1.58. The van der Waals surface area contributed by atoms with Crippen LogP contribution >= 0.6 is 0 Å². The second-order valence-electron chi connectivity index (χ2n) is 6.83. The van der Waals surface area contributed by atoms with Gasteiger partial charge in [0, 0.05) is 23.7 Å². The van der Waals surface area contributed by atoms with Crippen LogP contribution in [0.4, 0.5) is 15.8 Å². The van der Waals surface area contributed by atoms with Crippen LogP contribution in [0, 0.1) is 5.82 Å². The summed E-state index contributed by atoms with van der Waals surface area (Å²) in [6.45, 7) is 0. The van der Waals surface area contributed by atoms with Crippen LogP contribution in [0.2, 0.25) is 0 Å². The fraction of sp³-hybridized carbons (Fsp3) is 0.0952. The number of carbonyl (C=O) groups is 2. The van der Waals surface area contributed by atoms with E-state index < -0.39 is 23.7 Å². The van der Waals surface area contributed by atoms with Gasteiger partial charge >= 0.3 is 0 Å². The van der Waals surface area contributed by atoms with Crippen molar-refractivity contribution in [3.63, 3.8) is 0 Å². The zero-order chi connectivity index (χ0) is 22.0. The number of primary amides is 1. The summed E-state index contributed by atoms with van der Waals surface area (Å²) in [5.41, 5.74) is 7.41. The minimum absolute atomic E-state index is 0.0136. The number of amides is 2. The third-order valence-corrected chi connectivity index (χ3v) is 4.69. The molecule has 1 aliphatic heterocycles. The van der Waals surface area contributed by atoms with Crippen molar-refractivity contribution in [3.8, 4) is 11.3 Å². The Hall–Kier alpha value is -4.34. The Kier molecular flexibility index (Phi) is 5.27. The van der Waals surface area contributed by atoms with Crippen molar-refractivity contribution in [2.45, 2.75) is 12.5 Å². The molecule has 1 aromatic heterocycles. The number of benzene rings is 2. The normalized spacial score (nSPS) is 15.5. The largest absolute Gasteiger partial charge is 0.368 e. The lowest BCUT2D eigenvalue weighted by Gasteiger charge is -2.20. The number of aromatic amines is 1. The van der Waals surface area contributed by atoms with E-state index in [-0.39, 0.29) is 17.7 Å². The number of rotatable bonds is 5. The first kappa shape index (κ1) is 20.0. The average Bonchev–Trinajstić information content (AvgIpc) is 3.21. The molecule has 1 unspecified atom stereocenters. The molecule has 0 bridgehead atoms. The van der Waals surface area contributed by atoms with Gasteiger partial charge in [-0.2, -0.15) is 10.2 Å². The third-order valence-electron chi connectivity index (χ3n) is 4.69. The molecule has 0 spiro atoms. The smallest absolute Gasteiger partial charge is 0.271 e. The van der Waals surface area contributed by atoms with Gasteiger partial charge in [-0.05, 0) is 42.5 Å². The number of carbonyl (C=O) groups excluding carboxylic acids is 2. The maximum atomic E-state index is 13.2. The maximum absolute atomic E-state index is 13.2. The van der Waals surface area contributed by atoms with Crippen LogP contribution in [0.5, 0.6) is 0 Å². The number of anilines is 2. The first-order valence-corrected chi connectivity index (χ1v) is 9.30. The Bertz CT molecular complexity index is 1220. The number of hydrazone groups is 1. The molecule has 31 heavy (non-hydrogen) atoms. The highest BCUT2D eigenvalue weighted by molar-refractivity contribution is 6.44. The summed E-state index contributed by atoms with van der Waals surface area (Å²) in [6, 6.07) is 14.3. The van der Waals surface area contributed by atoms with Crippen molar-refractivity contribution in [1.29, 1.82) is 0 Å². The predicted molar refractivity (Wildman–Crippen MR) is 113 cm³/mol. The Morgan fingerprint density at radius 2 is 1.90 bits per heavy atom. The van der Waals surface area contributed by atoms with Crippen LogP contribution in [0.1, 0.15) is 6.42 Å². The fourth-order valence-electron chi connectivity index (χ4n) is 3.17. The molecule has 2 heterocycles. The molecule has 0 saturated carbocycles. The fourth-order valence-corrected chi connectivity index (χ4v) is 3.17. The number of H-pyrrole nitrogens is 1. The Balaban J connectivity index is 1.55. The number of nitrogens with one attached hydrogen (secondary N) is 2. The van der Waals surface area contributed by atoms with Gasteiger partial charge in [0.1, 0.15) is 17.6 Å². The van der Waals surface area contributed by atoms with Gasteiger partial charge in [0.25, 0.3) is 11.5 Å². The SMILES string of the molecule is NC(=O)C1CC(C(=O)Nc2cccc(-c3ccc(=O)[nH]n3)c2)=NN1c1ccc(F)cc1. The maximum Gasteiger partial charge on any atom is 0.271 e. The molecule has 2 aromatic carbocycles. The molecule has 0 radical (unpaired) electrons. The highest BCUT2D eigenvalue weighted by Gasteiger charge is 2.35. The molecular weight excluding hydrogens is 403 g/mol. The summed E-state index contributed by atoms with van der Waals surface area (Å²) >= 11 is 0. The van der Waals surface area contributed by atoms with E-state index in [1.807, 2.05) is 0 Å². The quantitative estimate of drug-likeness (QED) is 0.577. The number of nitrogens with two attached hydrogens (primary N) is 1. The summed E-state index contributed by atoms with van der Waals surface area (Å²) in [6.07, 6.45) is 0.0136. The van der Waals surface area contributed by atoms with Crippen molar-refractivity contribution in [3.05, 3.63) is 76.8 Å². The average molecular weight is 420 g/mol.